The zero-order valence-electron chi connectivity index (χ0n) is 3.53. The first kappa shape index (κ1) is 5.07. The largest absolute Gasteiger partial charge is 0.350 e. The van der Waals surface area contributed by atoms with Crippen molar-refractivity contribution in [1.29, 1.82) is 0 Å². The minimum atomic E-state index is 0.111. The molecule has 1 saturated heterocycles. The Labute approximate surface area is 47.9 Å². The first-order valence-corrected chi connectivity index (χ1v) is 9.44. The molecular weight excluding hydrogens is 144 g/mol. The highest BCUT2D eigenvalue weighted by Gasteiger charge is 1.94. The lowest BCUT2D eigenvalue weighted by Gasteiger charge is -2.09. The van der Waals surface area contributed by atoms with Gasteiger partial charge in [-0.1, -0.05) is 0 Å². The molecule has 0 atom stereocenters. The van der Waals surface area contributed by atoms with E-state index in [9.17, 15) is 0 Å². The molecule has 1 aliphatic heterocycles. The molecule has 36 valence electrons. The van der Waals surface area contributed by atoms with Crippen molar-refractivity contribution in [2.75, 3.05) is 0 Å². The Morgan fingerprint density at radius 2 is 1.83 bits per heavy atom. The Hall–Kier alpha value is 0.921. The fourth-order valence-corrected chi connectivity index (χ4v) is 18.2. The van der Waals surface area contributed by atoms with Crippen molar-refractivity contribution in [3.8, 4) is 0 Å². The van der Waals surface area contributed by atoms with Gasteiger partial charge in [-0.3, -0.25) is 0 Å². The van der Waals surface area contributed by atoms with E-state index in [1.54, 1.807) is 0 Å². The van der Waals surface area contributed by atoms with Gasteiger partial charge in [0.05, 0.1) is 0 Å². The normalized spacial score (nSPS) is 36.0. The SMILES string of the molecule is N1[SiH2]N[SiH2]S[SiH2]1. The van der Waals surface area contributed by atoms with Gasteiger partial charge >= 0.3 is 0 Å². The van der Waals surface area contributed by atoms with Gasteiger partial charge in [-0.2, -0.15) is 10.7 Å². The van der Waals surface area contributed by atoms with Crippen molar-refractivity contribution in [2.24, 2.45) is 0 Å². The van der Waals surface area contributed by atoms with Crippen molar-refractivity contribution in [2.45, 2.75) is 0 Å². The summed E-state index contributed by atoms with van der Waals surface area (Å²) in [6, 6.07) is 0. The molecule has 0 bridgehead atoms. The lowest BCUT2D eigenvalue weighted by molar-refractivity contribution is 1.46. The smallest absolute Gasteiger partial charge is 0.154 e. The Balaban J connectivity index is 2.00. The van der Waals surface area contributed by atoms with E-state index in [0.717, 1.165) is 0 Å². The van der Waals surface area contributed by atoms with Crippen LogP contribution in [-0.2, 0) is 0 Å². The van der Waals surface area contributed by atoms with Crippen molar-refractivity contribution in [3.05, 3.63) is 0 Å². The van der Waals surface area contributed by atoms with Crippen LogP contribution in [0.5, 0.6) is 0 Å². The quantitative estimate of drug-likeness (QED) is 0.360. The van der Waals surface area contributed by atoms with E-state index in [0.29, 0.717) is 0 Å². The lowest BCUT2D eigenvalue weighted by Crippen LogP contribution is -2.41. The molecule has 2 nitrogen and oxygen atoms in total. The lowest BCUT2D eigenvalue weighted by atomic mass is 13.8. The maximum atomic E-state index is 3.45. The molecule has 1 rings (SSSR count). The highest BCUT2D eigenvalue weighted by atomic mass is 32.5. The van der Waals surface area contributed by atoms with E-state index in [4.69, 9.17) is 0 Å². The molecular formula is H8N2SSi3. The molecule has 6 heteroatoms. The first-order valence-electron chi connectivity index (χ1n) is 1.99. The van der Waals surface area contributed by atoms with Crippen LogP contribution in [0.25, 0.3) is 0 Å². The monoisotopic (exact) mass is 152 g/mol. The standard InChI is InChI=1S/H8N2SSi3/c1-4-2-6-3-5-1/h1-2H,4-6H2. The average Bonchev–Trinajstić information content (AvgIpc) is 1.72. The molecule has 0 spiro atoms. The van der Waals surface area contributed by atoms with Crippen LogP contribution >= 0.6 is 10.7 Å². The molecule has 2 N–H and O–H groups in total. The molecule has 1 fully saturated rings. The predicted octanol–water partition coefficient (Wildman–Crippen LogP) is -3.09. The summed E-state index contributed by atoms with van der Waals surface area (Å²) >= 11 is 0. The second kappa shape index (κ2) is 2.99. The van der Waals surface area contributed by atoms with Crippen LogP contribution in [0.15, 0.2) is 0 Å². The van der Waals surface area contributed by atoms with Gasteiger partial charge < -0.3 is 9.30 Å². The fourth-order valence-electron chi connectivity index (χ4n) is 0.386. The van der Waals surface area contributed by atoms with E-state index < -0.39 is 0 Å². The van der Waals surface area contributed by atoms with Crippen molar-refractivity contribution in [3.63, 3.8) is 0 Å². The Bertz CT molecular complexity index is 24.3. The molecule has 6 heavy (non-hydrogen) atoms. The van der Waals surface area contributed by atoms with Crippen LogP contribution < -0.4 is 9.30 Å². The van der Waals surface area contributed by atoms with Crippen LogP contribution in [0.2, 0.25) is 0 Å². The highest BCUT2D eigenvalue weighted by Crippen LogP contribution is 1.86. The maximum Gasteiger partial charge on any atom is 0.154 e. The van der Waals surface area contributed by atoms with Gasteiger partial charge in [-0.05, 0) is 0 Å². The summed E-state index contributed by atoms with van der Waals surface area (Å²) in [7, 11) is 2.77. The van der Waals surface area contributed by atoms with E-state index in [1.165, 1.54) is 0 Å². The number of nitrogens with one attached hydrogen (secondary N) is 2. The van der Waals surface area contributed by atoms with Crippen molar-refractivity contribution >= 4 is 38.2 Å². The summed E-state index contributed by atoms with van der Waals surface area (Å²) in [5.74, 6) is 0. The molecule has 0 aromatic carbocycles. The van der Waals surface area contributed by atoms with E-state index in [2.05, 4.69) is 20.0 Å². The molecule has 0 aromatic rings. The van der Waals surface area contributed by atoms with Gasteiger partial charge in [0.15, 0.2) is 9.84 Å². The third-order valence-corrected chi connectivity index (χ3v) is 13.3. The third-order valence-electron chi connectivity index (χ3n) is 0.658. The predicted molar refractivity (Wildman–Crippen MR) is 39.5 cm³/mol. The number of rotatable bonds is 0. The van der Waals surface area contributed by atoms with Gasteiger partial charge in [0.1, 0.15) is 17.7 Å². The summed E-state index contributed by atoms with van der Waals surface area (Å²) < 4.78 is 6.90. The maximum absolute atomic E-state index is 3.45. The van der Waals surface area contributed by atoms with Gasteiger partial charge in [0, 0.05) is 0 Å². The molecule has 0 unspecified atom stereocenters. The topological polar surface area (TPSA) is 24.1 Å². The second-order valence-corrected chi connectivity index (χ2v) is 13.1. The first-order chi connectivity index (χ1) is 3.00. The Kier molecular flexibility index (Phi) is 2.53. The van der Waals surface area contributed by atoms with Crippen molar-refractivity contribution < 1.29 is 0 Å². The van der Waals surface area contributed by atoms with Gasteiger partial charge in [0.25, 0.3) is 0 Å². The molecule has 1 heterocycles. The van der Waals surface area contributed by atoms with Crippen LogP contribution in [0.1, 0.15) is 0 Å². The van der Waals surface area contributed by atoms with Gasteiger partial charge in [-0.15, -0.1) is 0 Å². The number of hydrogen-bond acceptors (Lipinski definition) is 3. The zero-order valence-corrected chi connectivity index (χ0v) is 8.59. The molecule has 0 saturated carbocycles. The molecule has 0 aromatic heterocycles. The van der Waals surface area contributed by atoms with Gasteiger partial charge in [-0.25, -0.2) is 0 Å². The summed E-state index contributed by atoms with van der Waals surface area (Å²) in [6.45, 7) is 0. The van der Waals surface area contributed by atoms with Crippen molar-refractivity contribution in [1.82, 2.24) is 9.30 Å². The summed E-state index contributed by atoms with van der Waals surface area (Å²) in [5, 5.41) is 0. The minimum absolute atomic E-state index is 0.111. The summed E-state index contributed by atoms with van der Waals surface area (Å²) in [5.41, 5.74) is 0. The zero-order chi connectivity index (χ0) is 4.24. The summed E-state index contributed by atoms with van der Waals surface area (Å²) in [6.07, 6.45) is 0. The molecule has 1 aliphatic rings. The second-order valence-electron chi connectivity index (χ2n) is 1.17. The highest BCUT2D eigenvalue weighted by molar-refractivity contribution is 8.40. The molecule has 0 aliphatic carbocycles. The van der Waals surface area contributed by atoms with Crippen LogP contribution in [-0.4, -0.2) is 27.5 Å². The van der Waals surface area contributed by atoms with Gasteiger partial charge in [0.2, 0.25) is 0 Å². The minimum Gasteiger partial charge on any atom is -0.350 e. The third kappa shape index (κ3) is 1.58. The fraction of sp³-hybridized carbons (Fsp3) is 0. The average molecular weight is 152 g/mol. The Morgan fingerprint density at radius 3 is 2.00 bits per heavy atom. The van der Waals surface area contributed by atoms with Crippen LogP contribution in [0.4, 0.5) is 0 Å². The summed E-state index contributed by atoms with van der Waals surface area (Å²) in [4.78, 5) is 0. The van der Waals surface area contributed by atoms with Crippen LogP contribution in [0, 0.1) is 0 Å². The van der Waals surface area contributed by atoms with E-state index in [1.807, 2.05) is 0 Å². The van der Waals surface area contributed by atoms with Crippen LogP contribution in [0.3, 0.4) is 0 Å². The van der Waals surface area contributed by atoms with E-state index >= 15 is 0 Å². The molecule has 0 amide bonds. The molecule has 0 radical (unpaired) electrons. The van der Waals surface area contributed by atoms with E-state index in [-0.39, 0.29) is 27.5 Å². The Morgan fingerprint density at radius 1 is 1.17 bits per heavy atom. The number of hydrogen-bond donors (Lipinski definition) is 2.